The van der Waals surface area contributed by atoms with Crippen LogP contribution in [-0.2, 0) is 6.42 Å². The molecule has 0 amide bonds. The predicted molar refractivity (Wildman–Crippen MR) is 71.4 cm³/mol. The average molecular weight is 240 g/mol. The van der Waals surface area contributed by atoms with Crippen molar-refractivity contribution < 1.29 is 10.5 Å². The number of hydrogen-bond donors (Lipinski definition) is 1. The number of ether oxygens (including phenoxy) is 1. The van der Waals surface area contributed by atoms with Gasteiger partial charge in [0.15, 0.2) is 0 Å². The van der Waals surface area contributed by atoms with E-state index in [-0.39, 0.29) is 6.04 Å². The quantitative estimate of drug-likeness (QED) is 0.859. The summed E-state index contributed by atoms with van der Waals surface area (Å²) in [5.41, 5.74) is 8.11. The van der Waals surface area contributed by atoms with Crippen LogP contribution < -0.4 is 10.5 Å². The first kappa shape index (κ1) is 11.3. The minimum Gasteiger partial charge on any atom is -0.490 e. The molecule has 0 saturated heterocycles. The van der Waals surface area contributed by atoms with Gasteiger partial charge in [-0.05, 0) is 30.7 Å². The third kappa shape index (κ3) is 2.00. The molecule has 2 atom stereocenters. The van der Waals surface area contributed by atoms with Crippen molar-refractivity contribution in [1.29, 1.82) is 0 Å². The molecule has 3 N–H and O–H groups in total. The lowest BCUT2D eigenvalue weighted by Crippen LogP contribution is -2.54. The summed E-state index contributed by atoms with van der Waals surface area (Å²) in [6.07, 6.45) is 1.31. The second-order valence-electron chi connectivity index (χ2n) is 4.96. The highest BCUT2D eigenvalue weighted by Gasteiger charge is 2.21. The number of hydrogen-bond acceptors (Lipinski definition) is 1. The second kappa shape index (κ2) is 4.46. The predicted octanol–water partition coefficient (Wildman–Crippen LogP) is 2.34. The summed E-state index contributed by atoms with van der Waals surface area (Å²) in [7, 11) is 0. The normalized spacial score (nSPS) is 19.1. The van der Waals surface area contributed by atoms with Gasteiger partial charge in [0.2, 0.25) is 0 Å². The zero-order valence-electron chi connectivity index (χ0n) is 10.6. The van der Waals surface area contributed by atoms with E-state index < -0.39 is 0 Å². The highest BCUT2D eigenvalue weighted by Crippen LogP contribution is 2.31. The van der Waals surface area contributed by atoms with Crippen LogP contribution >= 0.6 is 0 Å². The van der Waals surface area contributed by atoms with Gasteiger partial charge in [0.05, 0.1) is 0 Å². The molecule has 2 aromatic rings. The molecular formula is C16H18NO+. The van der Waals surface area contributed by atoms with E-state index in [0.717, 1.165) is 12.2 Å². The number of benzene rings is 2. The van der Waals surface area contributed by atoms with Gasteiger partial charge in [0.1, 0.15) is 17.9 Å². The molecule has 0 aliphatic carbocycles. The van der Waals surface area contributed by atoms with Crippen molar-refractivity contribution in [1.82, 2.24) is 0 Å². The van der Waals surface area contributed by atoms with Crippen molar-refractivity contribution in [2.45, 2.75) is 25.5 Å². The molecule has 0 radical (unpaired) electrons. The van der Waals surface area contributed by atoms with Crippen LogP contribution in [-0.4, -0.2) is 6.10 Å². The molecule has 2 heteroatoms. The molecule has 0 bridgehead atoms. The Balaban J connectivity index is 1.92. The van der Waals surface area contributed by atoms with Crippen molar-refractivity contribution >= 4 is 0 Å². The summed E-state index contributed by atoms with van der Waals surface area (Å²) in [6, 6.07) is 17.0. The Hall–Kier alpha value is -1.80. The summed E-state index contributed by atoms with van der Waals surface area (Å²) in [5, 5.41) is 0. The lowest BCUT2D eigenvalue weighted by molar-refractivity contribution is -0.411. The van der Waals surface area contributed by atoms with E-state index in [1.165, 1.54) is 16.7 Å². The topological polar surface area (TPSA) is 36.9 Å². The van der Waals surface area contributed by atoms with Crippen molar-refractivity contribution in [3.8, 4) is 5.75 Å². The van der Waals surface area contributed by atoms with Crippen LogP contribution in [0.15, 0.2) is 48.5 Å². The van der Waals surface area contributed by atoms with E-state index >= 15 is 0 Å². The van der Waals surface area contributed by atoms with E-state index in [2.05, 4.69) is 55.1 Å². The lowest BCUT2D eigenvalue weighted by atomic mass is 9.97. The smallest absolute Gasteiger partial charge is 0.136 e. The molecule has 92 valence electrons. The van der Waals surface area contributed by atoms with E-state index in [1.54, 1.807) is 0 Å². The Bertz CT molecular complexity index is 550. The maximum atomic E-state index is 5.73. The first-order valence-corrected chi connectivity index (χ1v) is 6.41. The lowest BCUT2D eigenvalue weighted by Gasteiger charge is -2.10. The van der Waals surface area contributed by atoms with Crippen molar-refractivity contribution in [3.63, 3.8) is 0 Å². The third-order valence-electron chi connectivity index (χ3n) is 3.52. The third-order valence-corrected chi connectivity index (χ3v) is 3.52. The molecule has 0 unspecified atom stereocenters. The standard InChI is InChI=1S/C16H17NO/c1-11-9-14-10-13(7-8-15(14)18-11)16(17)12-5-3-2-4-6-12/h2-8,10-11,16H,9,17H2,1H3/p+1/t11-,16+/m1/s1. The van der Waals surface area contributed by atoms with E-state index in [1.807, 2.05) is 6.07 Å². The molecule has 0 saturated carbocycles. The Labute approximate surface area is 107 Å². The fourth-order valence-corrected chi connectivity index (χ4v) is 2.54. The van der Waals surface area contributed by atoms with E-state index in [9.17, 15) is 0 Å². The molecule has 2 aromatic carbocycles. The van der Waals surface area contributed by atoms with Crippen LogP contribution in [0, 0.1) is 0 Å². The molecule has 0 aromatic heterocycles. The van der Waals surface area contributed by atoms with Crippen LogP contribution in [0.2, 0.25) is 0 Å². The number of fused-ring (bicyclic) bond motifs is 1. The highest BCUT2D eigenvalue weighted by atomic mass is 16.5. The van der Waals surface area contributed by atoms with Gasteiger partial charge in [-0.1, -0.05) is 30.3 Å². The Kier molecular flexibility index (Phi) is 2.80. The van der Waals surface area contributed by atoms with Crippen LogP contribution in [0.5, 0.6) is 5.75 Å². The summed E-state index contributed by atoms with van der Waals surface area (Å²) in [6.45, 7) is 2.11. The van der Waals surface area contributed by atoms with Gasteiger partial charge in [-0.2, -0.15) is 0 Å². The van der Waals surface area contributed by atoms with Crippen LogP contribution in [0.1, 0.15) is 29.7 Å². The zero-order valence-corrected chi connectivity index (χ0v) is 10.6. The molecule has 1 aliphatic heterocycles. The van der Waals surface area contributed by atoms with E-state index in [4.69, 9.17) is 4.74 Å². The highest BCUT2D eigenvalue weighted by molar-refractivity contribution is 5.43. The van der Waals surface area contributed by atoms with Crippen LogP contribution in [0.4, 0.5) is 0 Å². The first-order chi connectivity index (χ1) is 8.74. The van der Waals surface area contributed by atoms with Crippen molar-refractivity contribution in [2.24, 2.45) is 0 Å². The van der Waals surface area contributed by atoms with Crippen LogP contribution in [0.3, 0.4) is 0 Å². The number of quaternary nitrogens is 1. The Morgan fingerprint density at radius 2 is 1.89 bits per heavy atom. The molecule has 3 rings (SSSR count). The molecule has 1 aliphatic rings. The molecule has 2 nitrogen and oxygen atoms in total. The largest absolute Gasteiger partial charge is 0.490 e. The van der Waals surface area contributed by atoms with Crippen molar-refractivity contribution in [2.75, 3.05) is 0 Å². The summed E-state index contributed by atoms with van der Waals surface area (Å²) in [4.78, 5) is 0. The summed E-state index contributed by atoms with van der Waals surface area (Å²) >= 11 is 0. The van der Waals surface area contributed by atoms with Gasteiger partial charge in [0, 0.05) is 17.5 Å². The Morgan fingerprint density at radius 1 is 1.11 bits per heavy atom. The van der Waals surface area contributed by atoms with Gasteiger partial charge >= 0.3 is 0 Å². The Morgan fingerprint density at radius 3 is 2.67 bits per heavy atom. The monoisotopic (exact) mass is 240 g/mol. The second-order valence-corrected chi connectivity index (χ2v) is 4.96. The minimum atomic E-state index is 0.187. The van der Waals surface area contributed by atoms with E-state index in [0.29, 0.717) is 6.10 Å². The molecule has 0 spiro atoms. The maximum absolute atomic E-state index is 5.73. The van der Waals surface area contributed by atoms with Gasteiger partial charge < -0.3 is 10.5 Å². The minimum absolute atomic E-state index is 0.187. The van der Waals surface area contributed by atoms with Gasteiger partial charge in [-0.3, -0.25) is 0 Å². The first-order valence-electron chi connectivity index (χ1n) is 6.41. The maximum Gasteiger partial charge on any atom is 0.136 e. The molecular weight excluding hydrogens is 222 g/mol. The molecule has 0 fully saturated rings. The SMILES string of the molecule is C[C@@H]1Cc2cc([C@@H]([NH3+])c3ccccc3)ccc2O1. The zero-order chi connectivity index (χ0) is 12.5. The number of rotatable bonds is 2. The average Bonchev–Trinajstić information content (AvgIpc) is 2.78. The van der Waals surface area contributed by atoms with Gasteiger partial charge in [-0.25, -0.2) is 0 Å². The van der Waals surface area contributed by atoms with Gasteiger partial charge in [0.25, 0.3) is 0 Å². The summed E-state index contributed by atoms with van der Waals surface area (Å²) < 4.78 is 5.73. The fourth-order valence-electron chi connectivity index (χ4n) is 2.54. The molecule has 1 heterocycles. The van der Waals surface area contributed by atoms with Crippen molar-refractivity contribution in [3.05, 3.63) is 65.2 Å². The summed E-state index contributed by atoms with van der Waals surface area (Å²) in [5.74, 6) is 1.03. The van der Waals surface area contributed by atoms with Crippen LogP contribution in [0.25, 0.3) is 0 Å². The molecule has 18 heavy (non-hydrogen) atoms. The fraction of sp³-hybridized carbons (Fsp3) is 0.250. The van der Waals surface area contributed by atoms with Gasteiger partial charge in [-0.15, -0.1) is 0 Å².